The lowest BCUT2D eigenvalue weighted by Gasteiger charge is -2.32. The number of nitrogens with zero attached hydrogens (tertiary/aromatic N) is 1. The van der Waals surface area contributed by atoms with E-state index in [-0.39, 0.29) is 17.3 Å². The van der Waals surface area contributed by atoms with Gasteiger partial charge in [-0.3, -0.25) is 0 Å². The molecule has 0 aromatic heterocycles. The highest BCUT2D eigenvalue weighted by molar-refractivity contribution is 9.10. The summed E-state index contributed by atoms with van der Waals surface area (Å²) in [7, 11) is -0.0717. The molecule has 0 saturated carbocycles. The molecular weight excluding hydrogens is 392 g/mol. The molecule has 1 fully saturated rings. The van der Waals surface area contributed by atoms with Gasteiger partial charge in [-0.2, -0.15) is 4.31 Å². The lowest BCUT2D eigenvalue weighted by atomic mass is 10.00. The second-order valence-corrected chi connectivity index (χ2v) is 7.99. The van der Waals surface area contributed by atoms with Crippen molar-refractivity contribution < 1.29 is 13.2 Å². The average Bonchev–Trinajstić information content (AvgIpc) is 2.48. The van der Waals surface area contributed by atoms with Crippen LogP contribution in [0.4, 0.5) is 0 Å². The van der Waals surface area contributed by atoms with Crippen LogP contribution < -0.4 is 10.1 Å². The first-order chi connectivity index (χ1) is 9.98. The molecule has 0 radical (unpaired) electrons. The zero-order chi connectivity index (χ0) is 15.5. The first-order valence-electron chi connectivity index (χ1n) is 6.97. The van der Waals surface area contributed by atoms with Crippen molar-refractivity contribution in [1.29, 1.82) is 0 Å². The van der Waals surface area contributed by atoms with Gasteiger partial charge in [0.05, 0.1) is 7.11 Å². The predicted octanol–water partition coefficient (Wildman–Crippen LogP) is 2.50. The number of rotatable bonds is 5. The van der Waals surface area contributed by atoms with Gasteiger partial charge in [0.1, 0.15) is 10.6 Å². The van der Waals surface area contributed by atoms with Gasteiger partial charge in [0, 0.05) is 23.6 Å². The summed E-state index contributed by atoms with van der Waals surface area (Å²) in [5, 5.41) is 3.13. The van der Waals surface area contributed by atoms with E-state index in [0.717, 1.165) is 19.4 Å². The minimum absolute atomic E-state index is 0. The average molecular weight is 414 g/mol. The number of halogens is 2. The number of methoxy groups -OCH3 is 1. The van der Waals surface area contributed by atoms with Crippen LogP contribution in [0.2, 0.25) is 0 Å². The summed E-state index contributed by atoms with van der Waals surface area (Å²) in [6.45, 7) is 1.98. The highest BCUT2D eigenvalue weighted by atomic mass is 79.9. The molecule has 2 rings (SSSR count). The first-order valence-corrected chi connectivity index (χ1v) is 9.20. The third-order valence-corrected chi connectivity index (χ3v) is 6.59. The van der Waals surface area contributed by atoms with E-state index in [2.05, 4.69) is 21.2 Å². The normalized spacial score (nSPS) is 19.5. The number of hydrogen-bond donors (Lipinski definition) is 1. The molecule has 126 valence electrons. The Labute approximate surface area is 147 Å². The third kappa shape index (κ3) is 4.35. The van der Waals surface area contributed by atoms with Crippen LogP contribution in [0.3, 0.4) is 0 Å². The van der Waals surface area contributed by atoms with Gasteiger partial charge >= 0.3 is 0 Å². The van der Waals surface area contributed by atoms with Crippen LogP contribution in [0.25, 0.3) is 0 Å². The molecule has 8 heteroatoms. The Morgan fingerprint density at radius 2 is 2.18 bits per heavy atom. The first kappa shape index (κ1) is 19.7. The summed E-state index contributed by atoms with van der Waals surface area (Å²) in [6, 6.07) is 5.02. The fourth-order valence-corrected chi connectivity index (χ4v) is 5.14. The van der Waals surface area contributed by atoms with Crippen molar-refractivity contribution in [2.75, 3.05) is 33.8 Å². The topological polar surface area (TPSA) is 58.6 Å². The minimum atomic E-state index is -3.50. The Bertz CT molecular complexity index is 596. The summed E-state index contributed by atoms with van der Waals surface area (Å²) in [6.07, 6.45) is 1.96. The molecule has 1 unspecified atom stereocenters. The molecule has 1 heterocycles. The summed E-state index contributed by atoms with van der Waals surface area (Å²) < 4.78 is 33.0. The molecule has 1 aliphatic rings. The van der Waals surface area contributed by atoms with Gasteiger partial charge in [0.15, 0.2) is 0 Å². The van der Waals surface area contributed by atoms with Crippen molar-refractivity contribution in [2.45, 2.75) is 17.7 Å². The van der Waals surface area contributed by atoms with E-state index in [1.165, 1.54) is 7.11 Å². The maximum Gasteiger partial charge on any atom is 0.244 e. The molecule has 22 heavy (non-hydrogen) atoms. The van der Waals surface area contributed by atoms with Crippen LogP contribution in [-0.4, -0.2) is 46.5 Å². The summed E-state index contributed by atoms with van der Waals surface area (Å²) in [5.41, 5.74) is 0. The Morgan fingerprint density at radius 1 is 1.45 bits per heavy atom. The second-order valence-electron chi connectivity index (χ2n) is 5.23. The van der Waals surface area contributed by atoms with Gasteiger partial charge in [-0.25, -0.2) is 8.42 Å². The minimum Gasteiger partial charge on any atom is -0.497 e. The Morgan fingerprint density at radius 3 is 2.82 bits per heavy atom. The smallest absolute Gasteiger partial charge is 0.244 e. The van der Waals surface area contributed by atoms with Crippen LogP contribution in [0.15, 0.2) is 27.6 Å². The molecule has 1 aliphatic heterocycles. The van der Waals surface area contributed by atoms with E-state index in [0.29, 0.717) is 29.2 Å². The van der Waals surface area contributed by atoms with Gasteiger partial charge in [-0.15, -0.1) is 12.4 Å². The van der Waals surface area contributed by atoms with Crippen molar-refractivity contribution in [2.24, 2.45) is 5.92 Å². The van der Waals surface area contributed by atoms with Gasteiger partial charge < -0.3 is 10.1 Å². The number of nitrogens with one attached hydrogen (secondary N) is 1. The lowest BCUT2D eigenvalue weighted by molar-refractivity contribution is 0.263. The van der Waals surface area contributed by atoms with Crippen molar-refractivity contribution in [3.63, 3.8) is 0 Å². The third-order valence-electron chi connectivity index (χ3n) is 3.73. The molecule has 1 N–H and O–H groups in total. The van der Waals surface area contributed by atoms with Crippen molar-refractivity contribution >= 4 is 38.4 Å². The molecule has 0 spiro atoms. The molecule has 0 bridgehead atoms. The number of sulfonamides is 1. The number of piperidine rings is 1. The Kier molecular flexibility index (Phi) is 7.61. The Balaban J connectivity index is 0.00000242. The van der Waals surface area contributed by atoms with Crippen LogP contribution >= 0.6 is 28.3 Å². The van der Waals surface area contributed by atoms with Crippen LogP contribution in [0, 0.1) is 5.92 Å². The van der Waals surface area contributed by atoms with E-state index >= 15 is 0 Å². The summed E-state index contributed by atoms with van der Waals surface area (Å²) >= 11 is 3.33. The summed E-state index contributed by atoms with van der Waals surface area (Å²) in [5.74, 6) is 0.906. The van der Waals surface area contributed by atoms with Gasteiger partial charge in [-0.1, -0.05) is 0 Å². The number of ether oxygens (including phenoxy) is 1. The monoisotopic (exact) mass is 412 g/mol. The van der Waals surface area contributed by atoms with Crippen molar-refractivity contribution in [1.82, 2.24) is 9.62 Å². The van der Waals surface area contributed by atoms with Crippen LogP contribution in [0.5, 0.6) is 5.75 Å². The van der Waals surface area contributed by atoms with Gasteiger partial charge in [0.25, 0.3) is 0 Å². The molecule has 1 saturated heterocycles. The molecule has 1 aromatic carbocycles. The molecule has 5 nitrogen and oxygen atoms in total. The quantitative estimate of drug-likeness (QED) is 0.806. The highest BCUT2D eigenvalue weighted by Crippen LogP contribution is 2.31. The zero-order valence-electron chi connectivity index (χ0n) is 12.7. The maximum atomic E-state index is 12.8. The molecule has 0 aliphatic carbocycles. The molecule has 1 aromatic rings. The van der Waals surface area contributed by atoms with Crippen LogP contribution in [0.1, 0.15) is 12.8 Å². The van der Waals surface area contributed by atoms with Crippen LogP contribution in [-0.2, 0) is 10.0 Å². The second kappa shape index (κ2) is 8.49. The van der Waals surface area contributed by atoms with Gasteiger partial charge in [-0.05, 0) is 60.4 Å². The van der Waals surface area contributed by atoms with E-state index in [9.17, 15) is 8.42 Å². The SMILES string of the molecule is CNCC1CCCN(S(=O)(=O)c2cc(OC)ccc2Br)C1.Cl. The lowest BCUT2D eigenvalue weighted by Crippen LogP contribution is -2.42. The highest BCUT2D eigenvalue weighted by Gasteiger charge is 2.31. The summed E-state index contributed by atoms with van der Waals surface area (Å²) in [4.78, 5) is 0.270. The fraction of sp³-hybridized carbons (Fsp3) is 0.571. The fourth-order valence-electron chi connectivity index (χ4n) is 2.65. The van der Waals surface area contributed by atoms with Crippen molar-refractivity contribution in [3.05, 3.63) is 22.7 Å². The molecule has 0 amide bonds. The Hall–Kier alpha value is -0.340. The van der Waals surface area contributed by atoms with E-state index in [4.69, 9.17) is 4.74 Å². The predicted molar refractivity (Wildman–Crippen MR) is 93.4 cm³/mol. The largest absolute Gasteiger partial charge is 0.497 e. The number of benzene rings is 1. The molecule has 1 atom stereocenters. The van der Waals surface area contributed by atoms with Gasteiger partial charge in [0.2, 0.25) is 10.0 Å². The van der Waals surface area contributed by atoms with Crippen molar-refractivity contribution in [3.8, 4) is 5.75 Å². The molecular formula is C14H22BrClN2O3S. The van der Waals surface area contributed by atoms with E-state index in [1.54, 1.807) is 22.5 Å². The zero-order valence-corrected chi connectivity index (χ0v) is 15.9. The standard InChI is InChI=1S/C14H21BrN2O3S.ClH/c1-16-9-11-4-3-7-17(10-11)21(18,19)14-8-12(20-2)5-6-13(14)15;/h5-6,8,11,16H,3-4,7,9-10H2,1-2H3;1H. The van der Waals surface area contributed by atoms with E-state index < -0.39 is 10.0 Å². The van der Waals surface area contributed by atoms with E-state index in [1.807, 2.05) is 7.05 Å². The maximum absolute atomic E-state index is 12.8. The number of hydrogen-bond acceptors (Lipinski definition) is 4.